The van der Waals surface area contributed by atoms with Gasteiger partial charge in [0.15, 0.2) is 11.5 Å². The number of carbonyl (C=O) groups excluding carboxylic acids is 1. The molecular formula is C15H21NO3. The van der Waals surface area contributed by atoms with Crippen LogP contribution in [-0.4, -0.2) is 25.2 Å². The summed E-state index contributed by atoms with van der Waals surface area (Å²) in [6.07, 6.45) is 1.11. The highest BCUT2D eigenvalue weighted by atomic mass is 16.6. The van der Waals surface area contributed by atoms with Gasteiger partial charge in [0.2, 0.25) is 5.91 Å². The molecule has 2 rings (SSSR count). The molecule has 0 radical (unpaired) electrons. The fraction of sp³-hybridized carbons (Fsp3) is 0.533. The smallest absolute Gasteiger partial charge is 0.220 e. The number of fused-ring (bicyclic) bond motifs is 1. The van der Waals surface area contributed by atoms with Crippen LogP contribution in [0.25, 0.3) is 0 Å². The number of hydrogen-bond acceptors (Lipinski definition) is 3. The molecule has 0 fully saturated rings. The topological polar surface area (TPSA) is 47.6 Å². The van der Waals surface area contributed by atoms with Crippen molar-refractivity contribution in [3.63, 3.8) is 0 Å². The molecule has 4 nitrogen and oxygen atoms in total. The van der Waals surface area contributed by atoms with Gasteiger partial charge in [-0.2, -0.15) is 0 Å². The van der Waals surface area contributed by atoms with Crippen LogP contribution in [-0.2, 0) is 4.79 Å². The lowest BCUT2D eigenvalue weighted by molar-refractivity contribution is -0.121. The van der Waals surface area contributed by atoms with Crippen molar-refractivity contribution in [1.82, 2.24) is 5.32 Å². The number of nitrogens with one attached hydrogen (secondary N) is 1. The minimum atomic E-state index is -0.0419. The molecule has 0 unspecified atom stereocenters. The summed E-state index contributed by atoms with van der Waals surface area (Å²) >= 11 is 0. The van der Waals surface area contributed by atoms with Gasteiger partial charge in [-0.1, -0.05) is 26.0 Å². The van der Waals surface area contributed by atoms with Gasteiger partial charge in [-0.05, 0) is 24.5 Å². The van der Waals surface area contributed by atoms with Crippen LogP contribution in [0.5, 0.6) is 11.5 Å². The summed E-state index contributed by atoms with van der Waals surface area (Å²) in [4.78, 5) is 11.6. The Kier molecular flexibility index (Phi) is 4.66. The first-order chi connectivity index (χ1) is 9.15. The number of rotatable bonds is 5. The third kappa shape index (κ3) is 4.16. The van der Waals surface area contributed by atoms with Gasteiger partial charge in [-0.3, -0.25) is 4.79 Å². The highest BCUT2D eigenvalue weighted by Gasteiger charge is 2.21. The van der Waals surface area contributed by atoms with Gasteiger partial charge in [-0.15, -0.1) is 0 Å². The largest absolute Gasteiger partial charge is 0.486 e. The van der Waals surface area contributed by atoms with E-state index in [2.05, 4.69) is 19.2 Å². The van der Waals surface area contributed by atoms with Crippen molar-refractivity contribution < 1.29 is 14.3 Å². The first-order valence-electron chi connectivity index (χ1n) is 6.80. The summed E-state index contributed by atoms with van der Waals surface area (Å²) < 4.78 is 11.4. The molecule has 0 aromatic heterocycles. The standard InChI is InChI=1S/C15H21NO3/c1-11(2)9-16-15(17)8-7-12-10-18-13-5-3-4-6-14(13)19-12/h3-6,11-12H,7-10H2,1-2H3,(H,16,17)/t12-/m1/s1. The molecule has 0 saturated heterocycles. The number of benzene rings is 1. The monoisotopic (exact) mass is 263 g/mol. The molecule has 4 heteroatoms. The average Bonchev–Trinajstić information content (AvgIpc) is 2.42. The normalized spacial score (nSPS) is 17.3. The lowest BCUT2D eigenvalue weighted by atomic mass is 10.1. The second-order valence-electron chi connectivity index (χ2n) is 5.23. The van der Waals surface area contributed by atoms with E-state index < -0.39 is 0 Å². The summed E-state index contributed by atoms with van der Waals surface area (Å²) in [6.45, 7) is 5.39. The summed E-state index contributed by atoms with van der Waals surface area (Å²) in [5.74, 6) is 2.10. The van der Waals surface area contributed by atoms with Gasteiger partial charge in [0.25, 0.3) is 0 Å². The van der Waals surface area contributed by atoms with E-state index in [1.165, 1.54) is 0 Å². The Bertz CT molecular complexity index is 431. The third-order valence-corrected chi connectivity index (χ3v) is 2.97. The van der Waals surface area contributed by atoms with Crippen molar-refractivity contribution >= 4 is 5.91 Å². The van der Waals surface area contributed by atoms with Crippen LogP contribution in [0.2, 0.25) is 0 Å². The molecule has 1 aromatic rings. The lowest BCUT2D eigenvalue weighted by Gasteiger charge is -2.26. The van der Waals surface area contributed by atoms with Crippen LogP contribution in [0.1, 0.15) is 26.7 Å². The van der Waals surface area contributed by atoms with E-state index in [-0.39, 0.29) is 12.0 Å². The quantitative estimate of drug-likeness (QED) is 0.887. The Morgan fingerprint density at radius 2 is 2.11 bits per heavy atom. The number of amides is 1. The van der Waals surface area contributed by atoms with Crippen molar-refractivity contribution in [2.75, 3.05) is 13.2 Å². The molecule has 1 amide bonds. The lowest BCUT2D eigenvalue weighted by Crippen LogP contribution is -2.32. The van der Waals surface area contributed by atoms with E-state index >= 15 is 0 Å². The van der Waals surface area contributed by atoms with Crippen molar-refractivity contribution in [3.05, 3.63) is 24.3 Å². The highest BCUT2D eigenvalue weighted by molar-refractivity contribution is 5.75. The zero-order valence-electron chi connectivity index (χ0n) is 11.5. The van der Waals surface area contributed by atoms with Crippen molar-refractivity contribution in [2.24, 2.45) is 5.92 Å². The maximum absolute atomic E-state index is 11.6. The fourth-order valence-electron chi connectivity index (χ4n) is 1.90. The van der Waals surface area contributed by atoms with Gasteiger partial charge >= 0.3 is 0 Å². The Morgan fingerprint density at radius 3 is 2.84 bits per heavy atom. The van der Waals surface area contributed by atoms with Crippen LogP contribution >= 0.6 is 0 Å². The molecule has 0 bridgehead atoms. The summed E-state index contributed by atoms with van der Waals surface area (Å²) in [7, 11) is 0. The first kappa shape index (κ1) is 13.7. The molecular weight excluding hydrogens is 242 g/mol. The van der Waals surface area contributed by atoms with Crippen molar-refractivity contribution in [3.8, 4) is 11.5 Å². The van der Waals surface area contributed by atoms with E-state index in [1.54, 1.807) is 0 Å². The Labute approximate surface area is 114 Å². The predicted molar refractivity (Wildman–Crippen MR) is 73.4 cm³/mol. The van der Waals surface area contributed by atoms with Crippen LogP contribution < -0.4 is 14.8 Å². The Morgan fingerprint density at radius 1 is 1.37 bits per heavy atom. The summed E-state index contributed by atoms with van der Waals surface area (Å²) in [5, 5.41) is 2.91. The summed E-state index contributed by atoms with van der Waals surface area (Å²) in [6, 6.07) is 7.61. The van der Waals surface area contributed by atoms with Crippen LogP contribution in [0.4, 0.5) is 0 Å². The number of para-hydroxylation sites is 2. The van der Waals surface area contributed by atoms with E-state index in [9.17, 15) is 4.79 Å². The van der Waals surface area contributed by atoms with Gasteiger partial charge in [0.05, 0.1) is 0 Å². The Balaban J connectivity index is 1.75. The molecule has 1 atom stereocenters. The molecule has 1 heterocycles. The zero-order valence-corrected chi connectivity index (χ0v) is 11.5. The zero-order chi connectivity index (χ0) is 13.7. The van der Waals surface area contributed by atoms with Gasteiger partial charge in [-0.25, -0.2) is 0 Å². The summed E-state index contributed by atoms with van der Waals surface area (Å²) in [5.41, 5.74) is 0. The maximum atomic E-state index is 11.6. The van der Waals surface area contributed by atoms with Crippen LogP contribution in [0.15, 0.2) is 24.3 Å². The predicted octanol–water partition coefficient (Wildman–Crippen LogP) is 2.38. The maximum Gasteiger partial charge on any atom is 0.220 e. The minimum Gasteiger partial charge on any atom is -0.486 e. The van der Waals surface area contributed by atoms with Gasteiger partial charge < -0.3 is 14.8 Å². The van der Waals surface area contributed by atoms with E-state index in [4.69, 9.17) is 9.47 Å². The van der Waals surface area contributed by atoms with Gasteiger partial charge in [0, 0.05) is 13.0 Å². The Hall–Kier alpha value is -1.71. The van der Waals surface area contributed by atoms with Crippen LogP contribution in [0.3, 0.4) is 0 Å². The molecule has 19 heavy (non-hydrogen) atoms. The van der Waals surface area contributed by atoms with Crippen LogP contribution in [0, 0.1) is 5.92 Å². The van der Waals surface area contributed by atoms with E-state index in [1.807, 2.05) is 24.3 Å². The number of ether oxygens (including phenoxy) is 2. The SMILES string of the molecule is CC(C)CNC(=O)CC[C@@H]1COc2ccccc2O1. The fourth-order valence-corrected chi connectivity index (χ4v) is 1.90. The molecule has 104 valence electrons. The number of carbonyl (C=O) groups is 1. The first-order valence-corrected chi connectivity index (χ1v) is 6.80. The molecule has 0 saturated carbocycles. The minimum absolute atomic E-state index is 0.0419. The third-order valence-electron chi connectivity index (χ3n) is 2.97. The van der Waals surface area contributed by atoms with Crippen molar-refractivity contribution in [2.45, 2.75) is 32.8 Å². The highest BCUT2D eigenvalue weighted by Crippen LogP contribution is 2.31. The second-order valence-corrected chi connectivity index (χ2v) is 5.23. The van der Waals surface area contributed by atoms with E-state index in [0.717, 1.165) is 18.0 Å². The molecule has 1 N–H and O–H groups in total. The molecule has 0 spiro atoms. The van der Waals surface area contributed by atoms with E-state index in [0.29, 0.717) is 25.4 Å². The molecule has 1 aliphatic heterocycles. The molecule has 0 aliphatic carbocycles. The molecule has 1 aliphatic rings. The van der Waals surface area contributed by atoms with Crippen molar-refractivity contribution in [1.29, 1.82) is 0 Å². The second kappa shape index (κ2) is 6.45. The average molecular weight is 263 g/mol. The number of hydrogen-bond donors (Lipinski definition) is 1. The molecule has 1 aromatic carbocycles. The van der Waals surface area contributed by atoms with Gasteiger partial charge in [0.1, 0.15) is 12.7 Å².